The first-order valence-corrected chi connectivity index (χ1v) is 7.61. The van der Waals surface area contributed by atoms with Crippen LogP contribution in [0.2, 0.25) is 0 Å². The van der Waals surface area contributed by atoms with Crippen molar-refractivity contribution >= 4 is 35.8 Å². The predicted octanol–water partition coefficient (Wildman–Crippen LogP) is 1.21. The Morgan fingerprint density at radius 1 is 1.38 bits per heavy atom. The van der Waals surface area contributed by atoms with E-state index in [-0.39, 0.29) is 35.9 Å². The third kappa shape index (κ3) is 7.85. The van der Waals surface area contributed by atoms with Crippen LogP contribution in [-0.2, 0) is 9.53 Å². The Morgan fingerprint density at radius 2 is 2.14 bits per heavy atom. The van der Waals surface area contributed by atoms with Gasteiger partial charge in [-0.25, -0.2) is 0 Å². The molecular formula is C14H29IN4O2. The summed E-state index contributed by atoms with van der Waals surface area (Å²) < 4.78 is 5.28. The molecule has 7 heteroatoms. The van der Waals surface area contributed by atoms with Gasteiger partial charge in [0, 0.05) is 38.7 Å². The number of amides is 1. The molecule has 1 saturated heterocycles. The van der Waals surface area contributed by atoms with E-state index in [4.69, 9.17) is 4.74 Å². The minimum Gasteiger partial charge on any atom is -0.380 e. The predicted molar refractivity (Wildman–Crippen MR) is 96.3 cm³/mol. The van der Waals surface area contributed by atoms with E-state index in [1.165, 1.54) is 0 Å². The Balaban J connectivity index is 0.00000400. The maximum absolute atomic E-state index is 11.7. The molecule has 1 unspecified atom stereocenters. The second kappa shape index (κ2) is 12.0. The number of likely N-dealkylation sites (tertiary alicyclic amines) is 1. The average molecular weight is 412 g/mol. The van der Waals surface area contributed by atoms with Crippen LogP contribution in [0.1, 0.15) is 33.6 Å². The summed E-state index contributed by atoms with van der Waals surface area (Å²) in [6.07, 6.45) is 1.55. The molecular weight excluding hydrogens is 383 g/mol. The minimum absolute atomic E-state index is 0. The van der Waals surface area contributed by atoms with E-state index in [1.54, 1.807) is 0 Å². The van der Waals surface area contributed by atoms with Crippen molar-refractivity contribution in [2.75, 3.05) is 39.4 Å². The summed E-state index contributed by atoms with van der Waals surface area (Å²) in [6.45, 7) is 10.4. The molecule has 1 fully saturated rings. The lowest BCUT2D eigenvalue weighted by atomic mass is 10.3. The lowest BCUT2D eigenvalue weighted by Crippen LogP contribution is -2.45. The van der Waals surface area contributed by atoms with Crippen LogP contribution in [0.5, 0.6) is 0 Å². The molecule has 0 aromatic heterocycles. The fourth-order valence-electron chi connectivity index (χ4n) is 2.21. The van der Waals surface area contributed by atoms with Crippen LogP contribution in [0.4, 0.5) is 0 Å². The van der Waals surface area contributed by atoms with Gasteiger partial charge in [-0.05, 0) is 20.3 Å². The van der Waals surface area contributed by atoms with Gasteiger partial charge in [-0.15, -0.1) is 24.0 Å². The third-order valence-electron chi connectivity index (χ3n) is 3.24. The highest BCUT2D eigenvalue weighted by atomic mass is 127. The van der Waals surface area contributed by atoms with Gasteiger partial charge in [-0.3, -0.25) is 9.79 Å². The molecule has 2 N–H and O–H groups in total. The van der Waals surface area contributed by atoms with Crippen molar-refractivity contribution in [3.63, 3.8) is 0 Å². The molecule has 21 heavy (non-hydrogen) atoms. The van der Waals surface area contributed by atoms with Gasteiger partial charge in [0.1, 0.15) is 0 Å². The highest BCUT2D eigenvalue weighted by Crippen LogP contribution is 2.10. The van der Waals surface area contributed by atoms with E-state index >= 15 is 0 Å². The number of rotatable bonds is 7. The highest BCUT2D eigenvalue weighted by molar-refractivity contribution is 14.0. The van der Waals surface area contributed by atoms with Crippen LogP contribution in [-0.4, -0.2) is 62.2 Å². The van der Waals surface area contributed by atoms with Crippen molar-refractivity contribution in [2.45, 2.75) is 39.7 Å². The molecule has 0 aliphatic carbocycles. The van der Waals surface area contributed by atoms with Crippen molar-refractivity contribution in [2.24, 2.45) is 4.99 Å². The molecule has 1 rings (SSSR count). The first-order valence-electron chi connectivity index (χ1n) is 7.61. The van der Waals surface area contributed by atoms with Gasteiger partial charge in [-0.2, -0.15) is 0 Å². The summed E-state index contributed by atoms with van der Waals surface area (Å²) >= 11 is 0. The topological polar surface area (TPSA) is 66.0 Å². The largest absolute Gasteiger partial charge is 0.380 e. The van der Waals surface area contributed by atoms with Crippen LogP contribution in [0.15, 0.2) is 4.99 Å². The number of carbonyl (C=O) groups is 1. The number of guanidine groups is 1. The number of halogens is 1. The summed E-state index contributed by atoms with van der Waals surface area (Å²) in [5.74, 6) is 1.04. The Kier molecular flexibility index (Phi) is 11.7. The average Bonchev–Trinajstić information content (AvgIpc) is 2.91. The Hall–Kier alpha value is -0.570. The zero-order chi connectivity index (χ0) is 14.8. The molecule has 0 bridgehead atoms. The van der Waals surface area contributed by atoms with E-state index < -0.39 is 0 Å². The monoisotopic (exact) mass is 412 g/mol. The lowest BCUT2D eigenvalue weighted by Gasteiger charge is -2.18. The van der Waals surface area contributed by atoms with Gasteiger partial charge in [0.15, 0.2) is 5.96 Å². The third-order valence-corrected chi connectivity index (χ3v) is 3.24. The normalized spacial score (nSPS) is 18.3. The van der Waals surface area contributed by atoms with E-state index in [0.29, 0.717) is 19.6 Å². The van der Waals surface area contributed by atoms with Crippen molar-refractivity contribution < 1.29 is 9.53 Å². The Morgan fingerprint density at radius 3 is 2.76 bits per heavy atom. The van der Waals surface area contributed by atoms with Crippen molar-refractivity contribution in [3.05, 3.63) is 0 Å². The lowest BCUT2D eigenvalue weighted by molar-refractivity contribution is -0.129. The molecule has 124 valence electrons. The number of nitrogens with one attached hydrogen (secondary N) is 2. The summed E-state index contributed by atoms with van der Waals surface area (Å²) in [5, 5.41) is 6.62. The van der Waals surface area contributed by atoms with Crippen LogP contribution >= 0.6 is 24.0 Å². The highest BCUT2D eigenvalue weighted by Gasteiger charge is 2.25. The molecule has 0 saturated carbocycles. The van der Waals surface area contributed by atoms with Crippen LogP contribution in [0.25, 0.3) is 0 Å². The summed E-state index contributed by atoms with van der Waals surface area (Å²) in [5.41, 5.74) is 0. The molecule has 1 aliphatic heterocycles. The van der Waals surface area contributed by atoms with Gasteiger partial charge in [0.05, 0.1) is 13.2 Å². The number of hydrogen-bond donors (Lipinski definition) is 2. The van der Waals surface area contributed by atoms with Crippen molar-refractivity contribution in [1.82, 2.24) is 15.5 Å². The smallest absolute Gasteiger partial charge is 0.222 e. The first kappa shape index (κ1) is 20.4. The minimum atomic E-state index is 0. The maximum Gasteiger partial charge on any atom is 0.222 e. The molecule has 1 amide bonds. The fourth-order valence-corrected chi connectivity index (χ4v) is 2.21. The Bertz CT molecular complexity index is 326. The maximum atomic E-state index is 11.7. The van der Waals surface area contributed by atoms with Crippen LogP contribution in [0.3, 0.4) is 0 Å². The second-order valence-corrected chi connectivity index (χ2v) is 4.78. The first-order chi connectivity index (χ1) is 9.71. The number of ether oxygens (including phenoxy) is 1. The van der Waals surface area contributed by atoms with Gasteiger partial charge in [0.25, 0.3) is 0 Å². The fraction of sp³-hybridized carbons (Fsp3) is 0.857. The zero-order valence-corrected chi connectivity index (χ0v) is 15.7. The Labute approximate surface area is 145 Å². The standard InChI is InChI=1S/C14H28N4O2.HI/c1-4-13(19)18-9-7-12(11-18)17-14(15-5-2)16-8-10-20-6-3;/h12H,4-11H2,1-3H3,(H2,15,16,17);1H. The summed E-state index contributed by atoms with van der Waals surface area (Å²) in [4.78, 5) is 18.0. The van der Waals surface area contributed by atoms with Gasteiger partial charge in [0.2, 0.25) is 5.91 Å². The number of aliphatic imine (C=N–C) groups is 1. The van der Waals surface area contributed by atoms with E-state index in [1.807, 2.05) is 25.7 Å². The number of nitrogens with zero attached hydrogens (tertiary/aromatic N) is 2. The molecule has 1 aliphatic rings. The second-order valence-electron chi connectivity index (χ2n) is 4.78. The van der Waals surface area contributed by atoms with Gasteiger partial charge >= 0.3 is 0 Å². The van der Waals surface area contributed by atoms with Crippen molar-refractivity contribution in [1.29, 1.82) is 0 Å². The number of carbonyl (C=O) groups excluding carboxylic acids is 1. The van der Waals surface area contributed by atoms with Gasteiger partial charge in [-0.1, -0.05) is 6.92 Å². The SMILES string of the molecule is CCNC(=NCCOCC)NC1CCN(C(=O)CC)C1.I. The van der Waals surface area contributed by atoms with Crippen LogP contribution in [0, 0.1) is 0 Å². The number of hydrogen-bond acceptors (Lipinski definition) is 3. The van der Waals surface area contributed by atoms with Crippen molar-refractivity contribution in [3.8, 4) is 0 Å². The van der Waals surface area contributed by atoms with E-state index in [0.717, 1.165) is 38.6 Å². The van der Waals surface area contributed by atoms with Crippen LogP contribution < -0.4 is 10.6 Å². The molecule has 1 heterocycles. The molecule has 0 aromatic carbocycles. The zero-order valence-electron chi connectivity index (χ0n) is 13.4. The summed E-state index contributed by atoms with van der Waals surface area (Å²) in [7, 11) is 0. The van der Waals surface area contributed by atoms with E-state index in [9.17, 15) is 4.79 Å². The molecule has 0 spiro atoms. The summed E-state index contributed by atoms with van der Waals surface area (Å²) in [6, 6.07) is 0.287. The molecule has 0 radical (unpaired) electrons. The molecule has 1 atom stereocenters. The van der Waals surface area contributed by atoms with E-state index in [2.05, 4.69) is 15.6 Å². The molecule has 0 aromatic rings. The molecule has 6 nitrogen and oxygen atoms in total. The quantitative estimate of drug-likeness (QED) is 0.286. The van der Waals surface area contributed by atoms with Gasteiger partial charge < -0.3 is 20.3 Å².